The molecule has 1 amide bonds. The molecule has 0 atom stereocenters. The van der Waals surface area contributed by atoms with Crippen molar-refractivity contribution in [2.75, 3.05) is 33.8 Å². The van der Waals surface area contributed by atoms with Gasteiger partial charge in [-0.05, 0) is 18.2 Å². The summed E-state index contributed by atoms with van der Waals surface area (Å²) in [5.41, 5.74) is -0.0609. The molecule has 0 saturated carbocycles. The van der Waals surface area contributed by atoms with E-state index in [1.807, 2.05) is 6.07 Å². The van der Waals surface area contributed by atoms with Gasteiger partial charge in [-0.15, -0.1) is 0 Å². The maximum atomic E-state index is 12.7. The molecule has 0 aromatic heterocycles. The van der Waals surface area contributed by atoms with Gasteiger partial charge in [0.2, 0.25) is 0 Å². The summed E-state index contributed by atoms with van der Waals surface area (Å²) in [4.78, 5) is 23.0. The largest absolute Gasteiger partial charge is 0.496 e. The highest BCUT2D eigenvalue weighted by atomic mass is 16.6. The molecule has 0 saturated heterocycles. The van der Waals surface area contributed by atoms with Crippen LogP contribution in [0.5, 0.6) is 23.0 Å². The van der Waals surface area contributed by atoms with Crippen molar-refractivity contribution in [3.05, 3.63) is 51.6 Å². The van der Waals surface area contributed by atoms with E-state index in [-0.39, 0.29) is 22.7 Å². The SMILES string of the molecule is COc1cc(OC)c(OC)cc1/C=C(\C#N)C(=O)Nc1cc([N+](=O)[O-])ccc1OC. The molecule has 0 unspecified atom stereocenters. The van der Waals surface area contributed by atoms with Crippen LogP contribution in [0.4, 0.5) is 11.4 Å². The molecule has 156 valence electrons. The van der Waals surface area contributed by atoms with Crippen molar-refractivity contribution in [1.29, 1.82) is 5.26 Å². The van der Waals surface area contributed by atoms with Crippen LogP contribution >= 0.6 is 0 Å². The number of rotatable bonds is 8. The van der Waals surface area contributed by atoms with E-state index >= 15 is 0 Å². The van der Waals surface area contributed by atoms with Crippen LogP contribution < -0.4 is 24.3 Å². The number of nitro groups is 1. The summed E-state index contributed by atoms with van der Waals surface area (Å²) in [6, 6.07) is 8.65. The number of anilines is 1. The number of carbonyl (C=O) groups excluding carboxylic acids is 1. The second-order valence-corrected chi connectivity index (χ2v) is 5.71. The van der Waals surface area contributed by atoms with Gasteiger partial charge in [0, 0.05) is 23.8 Å². The maximum absolute atomic E-state index is 12.7. The van der Waals surface area contributed by atoms with Gasteiger partial charge < -0.3 is 24.3 Å². The lowest BCUT2D eigenvalue weighted by Crippen LogP contribution is -2.14. The lowest BCUT2D eigenvalue weighted by molar-refractivity contribution is -0.384. The molecule has 2 aromatic carbocycles. The van der Waals surface area contributed by atoms with Crippen molar-refractivity contribution in [3.63, 3.8) is 0 Å². The highest BCUT2D eigenvalue weighted by Crippen LogP contribution is 2.36. The van der Waals surface area contributed by atoms with Gasteiger partial charge in [-0.2, -0.15) is 5.26 Å². The van der Waals surface area contributed by atoms with Crippen LogP contribution in [0.1, 0.15) is 5.56 Å². The molecule has 0 heterocycles. The highest BCUT2D eigenvalue weighted by Gasteiger charge is 2.18. The molecule has 0 aliphatic heterocycles. The van der Waals surface area contributed by atoms with Crippen molar-refractivity contribution >= 4 is 23.4 Å². The van der Waals surface area contributed by atoms with E-state index in [9.17, 15) is 20.2 Å². The number of hydrogen-bond donors (Lipinski definition) is 1. The fourth-order valence-electron chi connectivity index (χ4n) is 2.57. The third kappa shape index (κ3) is 4.77. The Morgan fingerprint density at radius 2 is 1.60 bits per heavy atom. The van der Waals surface area contributed by atoms with E-state index in [0.29, 0.717) is 22.8 Å². The molecule has 1 N–H and O–H groups in total. The summed E-state index contributed by atoms with van der Waals surface area (Å²) < 4.78 is 20.9. The third-order valence-electron chi connectivity index (χ3n) is 4.04. The number of nitrogens with one attached hydrogen (secondary N) is 1. The molecule has 0 spiro atoms. The monoisotopic (exact) mass is 413 g/mol. The van der Waals surface area contributed by atoms with E-state index < -0.39 is 10.8 Å². The Bertz CT molecular complexity index is 1040. The number of hydrogen-bond acceptors (Lipinski definition) is 8. The number of methoxy groups -OCH3 is 4. The lowest BCUT2D eigenvalue weighted by Gasteiger charge is -2.13. The number of amides is 1. The van der Waals surface area contributed by atoms with Crippen molar-refractivity contribution in [2.45, 2.75) is 0 Å². The molecule has 0 aliphatic carbocycles. The lowest BCUT2D eigenvalue weighted by atomic mass is 10.1. The number of nitriles is 1. The van der Waals surface area contributed by atoms with Gasteiger partial charge in [0.25, 0.3) is 11.6 Å². The molecule has 0 bridgehead atoms. The molecule has 2 aromatic rings. The standard InChI is InChI=1S/C20H19N3O7/c1-27-16-6-5-14(23(25)26)9-15(16)22-20(24)13(11-21)7-12-8-18(29-3)19(30-4)10-17(12)28-2/h5-10H,1-4H3,(H,22,24)/b13-7+. The maximum Gasteiger partial charge on any atom is 0.271 e. The van der Waals surface area contributed by atoms with Gasteiger partial charge in [-0.1, -0.05) is 0 Å². The van der Waals surface area contributed by atoms with Gasteiger partial charge in [0.1, 0.15) is 23.1 Å². The summed E-state index contributed by atoms with van der Waals surface area (Å²) in [6.45, 7) is 0. The summed E-state index contributed by atoms with van der Waals surface area (Å²) in [7, 11) is 5.70. The number of nitrogens with zero attached hydrogens (tertiary/aromatic N) is 2. The van der Waals surface area contributed by atoms with Crippen molar-refractivity contribution in [1.82, 2.24) is 0 Å². The Morgan fingerprint density at radius 3 is 2.13 bits per heavy atom. The Kier molecular flexibility index (Phi) is 7.19. The molecule has 0 radical (unpaired) electrons. The summed E-state index contributed by atoms with van der Waals surface area (Å²) in [5.74, 6) is 0.558. The van der Waals surface area contributed by atoms with Crippen LogP contribution in [0.25, 0.3) is 6.08 Å². The Balaban J connectivity index is 2.45. The number of non-ortho nitro benzene ring substituents is 1. The van der Waals surface area contributed by atoms with Gasteiger partial charge in [0.15, 0.2) is 11.5 Å². The van der Waals surface area contributed by atoms with Crippen LogP contribution in [0.2, 0.25) is 0 Å². The number of carbonyl (C=O) groups is 1. The summed E-state index contributed by atoms with van der Waals surface area (Å²) >= 11 is 0. The van der Waals surface area contributed by atoms with E-state index in [2.05, 4.69) is 5.32 Å². The quantitative estimate of drug-likeness (QED) is 0.302. The Hall–Kier alpha value is -4.26. The number of nitro benzene ring substituents is 1. The normalized spacial score (nSPS) is 10.6. The smallest absolute Gasteiger partial charge is 0.271 e. The van der Waals surface area contributed by atoms with Crippen LogP contribution in [0, 0.1) is 21.4 Å². The minimum absolute atomic E-state index is 0.0529. The second kappa shape index (κ2) is 9.79. The topological polar surface area (TPSA) is 133 Å². The zero-order chi connectivity index (χ0) is 22.3. The van der Waals surface area contributed by atoms with Crippen LogP contribution in [0.3, 0.4) is 0 Å². The van der Waals surface area contributed by atoms with Crippen LogP contribution in [0.15, 0.2) is 35.9 Å². The van der Waals surface area contributed by atoms with E-state index in [0.717, 1.165) is 6.07 Å². The van der Waals surface area contributed by atoms with E-state index in [1.165, 1.54) is 46.6 Å². The predicted octanol–water partition coefficient (Wildman–Crippen LogP) is 3.17. The fourth-order valence-corrected chi connectivity index (χ4v) is 2.57. The first-order valence-electron chi connectivity index (χ1n) is 8.44. The minimum atomic E-state index is -0.784. The van der Waals surface area contributed by atoms with Crippen molar-refractivity contribution in [2.24, 2.45) is 0 Å². The van der Waals surface area contributed by atoms with Crippen LogP contribution in [-0.4, -0.2) is 39.3 Å². The van der Waals surface area contributed by atoms with Gasteiger partial charge >= 0.3 is 0 Å². The first-order chi connectivity index (χ1) is 14.4. The Morgan fingerprint density at radius 1 is 1.00 bits per heavy atom. The van der Waals surface area contributed by atoms with Gasteiger partial charge in [-0.25, -0.2) is 0 Å². The molecule has 0 fully saturated rings. The Labute approximate surface area is 172 Å². The molecular formula is C20H19N3O7. The molecular weight excluding hydrogens is 394 g/mol. The van der Waals surface area contributed by atoms with Gasteiger partial charge in [-0.3, -0.25) is 14.9 Å². The predicted molar refractivity (Wildman–Crippen MR) is 108 cm³/mol. The zero-order valence-electron chi connectivity index (χ0n) is 16.7. The highest BCUT2D eigenvalue weighted by molar-refractivity contribution is 6.10. The molecule has 10 nitrogen and oxygen atoms in total. The van der Waals surface area contributed by atoms with E-state index in [1.54, 1.807) is 12.1 Å². The number of ether oxygens (including phenoxy) is 4. The van der Waals surface area contributed by atoms with Crippen molar-refractivity contribution < 1.29 is 28.7 Å². The average Bonchev–Trinajstić information content (AvgIpc) is 2.76. The first kappa shape index (κ1) is 22.0. The molecule has 10 heteroatoms. The van der Waals surface area contributed by atoms with Crippen molar-refractivity contribution in [3.8, 4) is 29.1 Å². The average molecular weight is 413 g/mol. The van der Waals surface area contributed by atoms with Crippen LogP contribution in [-0.2, 0) is 4.79 Å². The minimum Gasteiger partial charge on any atom is -0.496 e. The third-order valence-corrected chi connectivity index (χ3v) is 4.04. The van der Waals surface area contributed by atoms with Gasteiger partial charge in [0.05, 0.1) is 39.0 Å². The van der Waals surface area contributed by atoms with E-state index in [4.69, 9.17) is 18.9 Å². The number of benzene rings is 2. The first-order valence-corrected chi connectivity index (χ1v) is 8.44. The zero-order valence-corrected chi connectivity index (χ0v) is 16.7. The fraction of sp³-hybridized carbons (Fsp3) is 0.200. The molecule has 2 rings (SSSR count). The molecule has 30 heavy (non-hydrogen) atoms. The molecule has 0 aliphatic rings. The second-order valence-electron chi connectivity index (χ2n) is 5.71. The summed E-state index contributed by atoms with van der Waals surface area (Å²) in [6.07, 6.45) is 1.31. The summed E-state index contributed by atoms with van der Waals surface area (Å²) in [5, 5.41) is 22.9.